The summed E-state index contributed by atoms with van der Waals surface area (Å²) < 4.78 is 12.2. The lowest BCUT2D eigenvalue weighted by Gasteiger charge is -2.09. The second kappa shape index (κ2) is 5.77. The van der Waals surface area contributed by atoms with Gasteiger partial charge in [-0.2, -0.15) is 0 Å². The third-order valence-electron chi connectivity index (χ3n) is 3.31. The van der Waals surface area contributed by atoms with Crippen LogP contribution in [0.1, 0.15) is 10.4 Å². The Morgan fingerprint density at radius 1 is 1.14 bits per heavy atom. The molecule has 112 valence electrons. The number of imidazole rings is 1. The first kappa shape index (κ1) is 13.9. The lowest BCUT2D eigenvalue weighted by Crippen LogP contribution is -2.14. The number of nitrogens with zero attached hydrogens (tertiary/aromatic N) is 2. The number of benzene rings is 1. The number of carbonyl (C=O) groups excluding carboxylic acids is 1. The highest BCUT2D eigenvalue weighted by Gasteiger charge is 2.13. The normalized spacial score (nSPS) is 10.5. The van der Waals surface area contributed by atoms with Gasteiger partial charge in [-0.05, 0) is 30.3 Å². The molecule has 3 rings (SSSR count). The fourth-order valence-electron chi connectivity index (χ4n) is 2.19. The molecular weight excluding hydrogens is 282 g/mol. The molecule has 2 heterocycles. The van der Waals surface area contributed by atoms with E-state index in [1.807, 2.05) is 24.4 Å². The first-order valence-corrected chi connectivity index (χ1v) is 6.68. The van der Waals surface area contributed by atoms with E-state index in [1.165, 1.54) is 7.11 Å². The number of fused-ring (bicyclic) bond motifs is 1. The van der Waals surface area contributed by atoms with Crippen molar-refractivity contribution < 1.29 is 14.3 Å². The van der Waals surface area contributed by atoms with Gasteiger partial charge in [-0.15, -0.1) is 0 Å². The average molecular weight is 297 g/mol. The summed E-state index contributed by atoms with van der Waals surface area (Å²) in [7, 11) is 3.08. The van der Waals surface area contributed by atoms with Crippen molar-refractivity contribution in [1.82, 2.24) is 9.38 Å². The number of rotatable bonds is 4. The molecule has 3 aromatic rings. The number of hydrogen-bond donors (Lipinski definition) is 1. The molecule has 0 radical (unpaired) electrons. The minimum atomic E-state index is -0.266. The summed E-state index contributed by atoms with van der Waals surface area (Å²) in [5, 5.41) is 2.79. The van der Waals surface area contributed by atoms with Gasteiger partial charge in [-0.25, -0.2) is 4.98 Å². The maximum atomic E-state index is 12.4. The Labute approximate surface area is 127 Å². The SMILES string of the molecule is COc1ccc(C(=O)Nc2ncc3ccccn23)cc1OC. The zero-order valence-electron chi connectivity index (χ0n) is 12.2. The summed E-state index contributed by atoms with van der Waals surface area (Å²) in [6.07, 6.45) is 3.54. The monoisotopic (exact) mass is 297 g/mol. The second-order valence-corrected chi connectivity index (χ2v) is 4.60. The maximum Gasteiger partial charge on any atom is 0.258 e. The van der Waals surface area contributed by atoms with Crippen molar-refractivity contribution >= 4 is 17.4 Å². The fraction of sp³-hybridized carbons (Fsp3) is 0.125. The van der Waals surface area contributed by atoms with Gasteiger partial charge in [-0.1, -0.05) is 6.07 Å². The van der Waals surface area contributed by atoms with Gasteiger partial charge in [0.25, 0.3) is 5.91 Å². The Bertz CT molecular complexity index is 826. The zero-order valence-corrected chi connectivity index (χ0v) is 12.2. The van der Waals surface area contributed by atoms with E-state index in [0.717, 1.165) is 5.52 Å². The number of anilines is 1. The summed E-state index contributed by atoms with van der Waals surface area (Å²) in [5.74, 6) is 1.28. The smallest absolute Gasteiger partial charge is 0.258 e. The van der Waals surface area contributed by atoms with Gasteiger partial charge >= 0.3 is 0 Å². The van der Waals surface area contributed by atoms with Gasteiger partial charge in [-0.3, -0.25) is 14.5 Å². The third kappa shape index (κ3) is 2.46. The summed E-state index contributed by atoms with van der Waals surface area (Å²) in [6, 6.07) is 10.7. The molecule has 1 aromatic carbocycles. The number of aromatic nitrogens is 2. The van der Waals surface area contributed by atoms with Crippen LogP contribution in [0.5, 0.6) is 11.5 Å². The minimum absolute atomic E-state index is 0.266. The van der Waals surface area contributed by atoms with Crippen LogP contribution in [0, 0.1) is 0 Å². The van der Waals surface area contributed by atoms with E-state index in [1.54, 1.807) is 35.9 Å². The van der Waals surface area contributed by atoms with E-state index in [2.05, 4.69) is 10.3 Å². The Kier molecular flexibility index (Phi) is 3.65. The van der Waals surface area contributed by atoms with Crippen LogP contribution >= 0.6 is 0 Å². The molecule has 0 atom stereocenters. The molecule has 0 saturated heterocycles. The summed E-state index contributed by atoms with van der Waals surface area (Å²) in [5.41, 5.74) is 1.37. The van der Waals surface area contributed by atoms with Gasteiger partial charge in [0.2, 0.25) is 5.95 Å². The van der Waals surface area contributed by atoms with Crippen molar-refractivity contribution in [2.75, 3.05) is 19.5 Å². The molecule has 1 amide bonds. The molecule has 0 unspecified atom stereocenters. The lowest BCUT2D eigenvalue weighted by atomic mass is 10.2. The number of hydrogen-bond acceptors (Lipinski definition) is 4. The van der Waals surface area contributed by atoms with E-state index in [0.29, 0.717) is 23.0 Å². The molecule has 22 heavy (non-hydrogen) atoms. The van der Waals surface area contributed by atoms with Crippen LogP contribution in [0.25, 0.3) is 5.52 Å². The summed E-state index contributed by atoms with van der Waals surface area (Å²) in [4.78, 5) is 16.6. The Morgan fingerprint density at radius 2 is 1.95 bits per heavy atom. The predicted octanol–water partition coefficient (Wildman–Crippen LogP) is 2.60. The lowest BCUT2D eigenvalue weighted by molar-refractivity contribution is 0.102. The summed E-state index contributed by atoms with van der Waals surface area (Å²) >= 11 is 0. The average Bonchev–Trinajstić information content (AvgIpc) is 2.97. The molecule has 0 aliphatic carbocycles. The molecule has 0 fully saturated rings. The van der Waals surface area contributed by atoms with E-state index in [4.69, 9.17) is 9.47 Å². The number of ether oxygens (including phenoxy) is 2. The Hall–Kier alpha value is -3.02. The van der Waals surface area contributed by atoms with Crippen LogP contribution in [0.3, 0.4) is 0 Å². The molecule has 0 spiro atoms. The van der Waals surface area contributed by atoms with Crippen LogP contribution in [0.2, 0.25) is 0 Å². The molecule has 2 aromatic heterocycles. The maximum absolute atomic E-state index is 12.4. The van der Waals surface area contributed by atoms with Crippen molar-refractivity contribution in [2.45, 2.75) is 0 Å². The van der Waals surface area contributed by atoms with E-state index >= 15 is 0 Å². The number of amides is 1. The quantitative estimate of drug-likeness (QED) is 0.804. The molecule has 6 heteroatoms. The van der Waals surface area contributed by atoms with Crippen molar-refractivity contribution in [1.29, 1.82) is 0 Å². The predicted molar refractivity (Wildman–Crippen MR) is 82.7 cm³/mol. The molecule has 1 N–H and O–H groups in total. The van der Waals surface area contributed by atoms with Crippen LogP contribution in [0.15, 0.2) is 48.8 Å². The van der Waals surface area contributed by atoms with Crippen LogP contribution in [-0.2, 0) is 0 Å². The van der Waals surface area contributed by atoms with Gasteiger partial charge in [0.15, 0.2) is 11.5 Å². The van der Waals surface area contributed by atoms with Crippen molar-refractivity contribution in [2.24, 2.45) is 0 Å². The van der Waals surface area contributed by atoms with Crippen molar-refractivity contribution in [3.8, 4) is 11.5 Å². The van der Waals surface area contributed by atoms with Crippen molar-refractivity contribution in [3.05, 3.63) is 54.4 Å². The molecule has 0 bridgehead atoms. The van der Waals surface area contributed by atoms with Crippen LogP contribution in [0.4, 0.5) is 5.95 Å². The highest BCUT2D eigenvalue weighted by Crippen LogP contribution is 2.27. The standard InChI is InChI=1S/C16H15N3O3/c1-21-13-7-6-11(9-14(13)22-2)15(20)18-16-17-10-12-5-3-4-8-19(12)16/h3-10H,1-2H3,(H,17,18,20). The first-order chi connectivity index (χ1) is 10.7. The van der Waals surface area contributed by atoms with Gasteiger partial charge in [0.05, 0.1) is 25.9 Å². The largest absolute Gasteiger partial charge is 0.493 e. The van der Waals surface area contributed by atoms with Crippen molar-refractivity contribution in [3.63, 3.8) is 0 Å². The highest BCUT2D eigenvalue weighted by molar-refractivity contribution is 6.04. The van der Waals surface area contributed by atoms with E-state index < -0.39 is 0 Å². The second-order valence-electron chi connectivity index (χ2n) is 4.60. The molecule has 0 saturated carbocycles. The van der Waals surface area contributed by atoms with E-state index in [9.17, 15) is 4.79 Å². The van der Waals surface area contributed by atoms with Crippen LogP contribution < -0.4 is 14.8 Å². The zero-order chi connectivity index (χ0) is 15.5. The Balaban J connectivity index is 1.88. The summed E-state index contributed by atoms with van der Waals surface area (Å²) in [6.45, 7) is 0. The number of pyridine rings is 1. The van der Waals surface area contributed by atoms with Crippen LogP contribution in [-0.4, -0.2) is 29.5 Å². The van der Waals surface area contributed by atoms with Gasteiger partial charge < -0.3 is 9.47 Å². The number of nitrogens with one attached hydrogen (secondary N) is 1. The topological polar surface area (TPSA) is 64.9 Å². The minimum Gasteiger partial charge on any atom is -0.493 e. The molecule has 6 nitrogen and oxygen atoms in total. The first-order valence-electron chi connectivity index (χ1n) is 6.68. The van der Waals surface area contributed by atoms with E-state index in [-0.39, 0.29) is 5.91 Å². The molecular formula is C16H15N3O3. The molecule has 0 aliphatic rings. The fourth-order valence-corrected chi connectivity index (χ4v) is 2.19. The molecule has 0 aliphatic heterocycles. The van der Waals surface area contributed by atoms with Gasteiger partial charge in [0.1, 0.15) is 0 Å². The van der Waals surface area contributed by atoms with Gasteiger partial charge in [0, 0.05) is 11.8 Å². The number of carbonyl (C=O) groups is 1. The third-order valence-corrected chi connectivity index (χ3v) is 3.31. The number of methoxy groups -OCH3 is 2. The highest BCUT2D eigenvalue weighted by atomic mass is 16.5. The Morgan fingerprint density at radius 3 is 2.73 bits per heavy atom.